The first-order chi connectivity index (χ1) is 32.1. The lowest BCUT2D eigenvalue weighted by Crippen LogP contribution is -2.58. The van der Waals surface area contributed by atoms with Crippen molar-refractivity contribution < 1.29 is 72.5 Å². The van der Waals surface area contributed by atoms with E-state index in [1.165, 1.54) is 62.9 Å². The number of imide groups is 3. The van der Waals surface area contributed by atoms with E-state index < -0.39 is 145 Å². The lowest BCUT2D eigenvalue weighted by Gasteiger charge is -2.28. The Morgan fingerprint density at radius 3 is 0.826 bits per heavy atom. The first-order valence-corrected chi connectivity index (χ1v) is 22.3. The zero-order valence-corrected chi connectivity index (χ0v) is 41.4. The molecule has 6 unspecified atom stereocenters. The van der Waals surface area contributed by atoms with Gasteiger partial charge in [-0.2, -0.15) is 0 Å². The Labute approximate surface area is 398 Å². The molecule has 1 aromatic heterocycles. The van der Waals surface area contributed by atoms with Crippen LogP contribution in [0.4, 0.5) is 14.4 Å². The molecule has 27 heteroatoms. The molecule has 3 saturated heterocycles. The van der Waals surface area contributed by atoms with Crippen LogP contribution in [-0.2, 0) is 62.4 Å². The number of urea groups is 3. The zero-order chi connectivity index (χ0) is 52.1. The van der Waals surface area contributed by atoms with Crippen LogP contribution in [0.2, 0.25) is 0 Å². The number of β-amino-alcohol motifs (C(OH)–C–C–N with tert-alkyl or cyclic N) is 3. The minimum Gasteiger partial charge on any atom is -0.389 e. The Hall–Kier alpha value is -5.13. The SMILES string of the molecule is COCC(C)OCN1C(=O)N(CC(O)Cn2c(=O)n(CC(O)CN3C(=O)N(COC(C)COC)C(C)(C)C3=O)c(=O)n(CC(O)CN3C(=O)N(COC(C)COC)C(C)(C)C3=O)c2=O)C(=O)C1(C)C. The van der Waals surface area contributed by atoms with Crippen LogP contribution in [0.3, 0.4) is 0 Å². The van der Waals surface area contributed by atoms with E-state index in [4.69, 9.17) is 28.4 Å². The van der Waals surface area contributed by atoms with Gasteiger partial charge in [-0.25, -0.2) is 42.5 Å². The molecule has 0 aromatic carbocycles. The number of hydrogen-bond acceptors (Lipinski definition) is 18. The predicted molar refractivity (Wildman–Crippen MR) is 238 cm³/mol. The molecular formula is C42H69N9O18. The summed E-state index contributed by atoms with van der Waals surface area (Å²) in [5.74, 6) is -2.24. The van der Waals surface area contributed by atoms with E-state index >= 15 is 0 Å². The van der Waals surface area contributed by atoms with Crippen molar-refractivity contribution >= 4 is 35.8 Å². The third-order valence-electron chi connectivity index (χ3n) is 12.1. The van der Waals surface area contributed by atoms with Crippen molar-refractivity contribution in [3.05, 3.63) is 31.5 Å². The fourth-order valence-corrected chi connectivity index (χ4v) is 7.93. The number of hydrogen-bond donors (Lipinski definition) is 3. The highest BCUT2D eigenvalue weighted by Crippen LogP contribution is 2.30. The molecule has 3 fully saturated rings. The van der Waals surface area contributed by atoms with Crippen LogP contribution < -0.4 is 17.1 Å². The Bertz CT molecular complexity index is 1970. The second-order valence-corrected chi connectivity index (χ2v) is 18.9. The van der Waals surface area contributed by atoms with Gasteiger partial charge in [-0.3, -0.25) is 43.8 Å². The molecule has 3 aliphatic rings. The van der Waals surface area contributed by atoms with Gasteiger partial charge >= 0.3 is 35.2 Å². The Morgan fingerprint density at radius 1 is 0.406 bits per heavy atom. The standard InChI is InChI=1S/C42H69N9O18/c1-25(19-64-10)67-22-49-37(61)43(31(55)40(49,4)5)13-28(52)16-46-34(58)47(17-29(53)14-44-32(56)41(6,7)50(38(44)62)23-68-26(2)20-65-11)36(60)48(35(46)59)18-30(54)15-45-33(57)42(8,9)51(39(45)63)24-69-27(3)21-66-12/h25-30,52-54H,13-24H2,1-12H3. The highest BCUT2D eigenvalue weighted by Gasteiger charge is 2.54. The average molecular weight is 988 g/mol. The van der Waals surface area contributed by atoms with E-state index in [-0.39, 0.29) is 40.0 Å². The minimum atomic E-state index is -1.84. The van der Waals surface area contributed by atoms with Gasteiger partial charge in [0.2, 0.25) is 0 Å². The van der Waals surface area contributed by atoms with Crippen LogP contribution in [0.15, 0.2) is 14.4 Å². The smallest absolute Gasteiger partial charge is 0.336 e. The number of amides is 9. The van der Waals surface area contributed by atoms with Gasteiger partial charge < -0.3 is 43.7 Å². The van der Waals surface area contributed by atoms with Crippen LogP contribution in [0.1, 0.15) is 62.3 Å². The Balaban J connectivity index is 1.67. The summed E-state index contributed by atoms with van der Waals surface area (Å²) in [7, 11) is 4.38. The van der Waals surface area contributed by atoms with Gasteiger partial charge in [0.1, 0.15) is 36.8 Å². The molecule has 0 bridgehead atoms. The van der Waals surface area contributed by atoms with Gasteiger partial charge in [0.05, 0.1) is 95.7 Å². The summed E-state index contributed by atoms with van der Waals surface area (Å²) in [5, 5.41) is 34.1. The molecule has 0 radical (unpaired) electrons. The van der Waals surface area contributed by atoms with E-state index in [0.29, 0.717) is 28.4 Å². The predicted octanol–water partition coefficient (Wildman–Crippen LogP) is -2.59. The van der Waals surface area contributed by atoms with E-state index in [1.807, 2.05) is 0 Å². The summed E-state index contributed by atoms with van der Waals surface area (Å²) < 4.78 is 33.3. The third-order valence-corrected chi connectivity index (χ3v) is 12.1. The number of carbonyl (C=O) groups excluding carboxylic acids is 6. The molecule has 3 N–H and O–H groups in total. The van der Waals surface area contributed by atoms with Crippen molar-refractivity contribution in [2.24, 2.45) is 0 Å². The van der Waals surface area contributed by atoms with Gasteiger partial charge in [-0.05, 0) is 62.3 Å². The lowest BCUT2D eigenvalue weighted by molar-refractivity contribution is -0.135. The number of rotatable bonds is 27. The quantitative estimate of drug-likeness (QED) is 0.0762. The van der Waals surface area contributed by atoms with E-state index in [1.54, 1.807) is 20.8 Å². The molecule has 390 valence electrons. The first-order valence-electron chi connectivity index (χ1n) is 22.3. The fraction of sp³-hybridized carbons (Fsp3) is 0.786. The molecule has 0 saturated carbocycles. The number of ether oxygens (including phenoxy) is 6. The summed E-state index contributed by atoms with van der Waals surface area (Å²) in [5.41, 5.74) is -8.56. The number of methoxy groups -OCH3 is 3. The maximum absolute atomic E-state index is 14.1. The molecule has 9 amide bonds. The second kappa shape index (κ2) is 22.7. The number of aliphatic hydroxyl groups is 3. The first kappa shape index (κ1) is 56.5. The fourth-order valence-electron chi connectivity index (χ4n) is 7.93. The molecule has 4 rings (SSSR count). The van der Waals surface area contributed by atoms with Crippen LogP contribution in [0, 0.1) is 0 Å². The summed E-state index contributed by atoms with van der Waals surface area (Å²) in [4.78, 5) is 129. The number of carbonyl (C=O) groups is 6. The van der Waals surface area contributed by atoms with Crippen LogP contribution in [0.25, 0.3) is 0 Å². The Morgan fingerprint density at radius 2 is 0.623 bits per heavy atom. The van der Waals surface area contributed by atoms with Gasteiger partial charge in [-0.1, -0.05) is 0 Å². The molecular weight excluding hydrogens is 919 g/mol. The molecule has 1 aromatic rings. The van der Waals surface area contributed by atoms with Crippen molar-refractivity contribution in [1.29, 1.82) is 0 Å². The monoisotopic (exact) mass is 987 g/mol. The van der Waals surface area contributed by atoms with Crippen molar-refractivity contribution in [3.8, 4) is 0 Å². The summed E-state index contributed by atoms with van der Waals surface area (Å²) in [6.45, 7) is 8.27. The molecule has 0 aliphatic carbocycles. The maximum Gasteiger partial charge on any atom is 0.336 e. The van der Waals surface area contributed by atoms with Gasteiger partial charge in [0.25, 0.3) is 17.7 Å². The number of aliphatic hydroxyl groups excluding tert-OH is 3. The highest BCUT2D eigenvalue weighted by atomic mass is 16.5. The van der Waals surface area contributed by atoms with Crippen LogP contribution in [0.5, 0.6) is 0 Å². The largest absolute Gasteiger partial charge is 0.389 e. The molecule has 3 aliphatic heterocycles. The summed E-state index contributed by atoms with van der Waals surface area (Å²) in [6.07, 6.45) is -6.91. The van der Waals surface area contributed by atoms with E-state index in [9.17, 15) is 58.5 Å². The molecule has 69 heavy (non-hydrogen) atoms. The van der Waals surface area contributed by atoms with E-state index in [2.05, 4.69) is 0 Å². The Kier molecular flexibility index (Phi) is 18.6. The van der Waals surface area contributed by atoms with Crippen molar-refractivity contribution in [1.82, 2.24) is 43.1 Å². The second-order valence-electron chi connectivity index (χ2n) is 18.9. The average Bonchev–Trinajstić information content (AvgIpc) is 3.61. The van der Waals surface area contributed by atoms with Gasteiger partial charge in [-0.15, -0.1) is 0 Å². The van der Waals surface area contributed by atoms with Gasteiger partial charge in [0, 0.05) is 21.3 Å². The van der Waals surface area contributed by atoms with Crippen LogP contribution in [-0.4, -0.2) is 228 Å². The maximum atomic E-state index is 14.1. The van der Waals surface area contributed by atoms with Crippen molar-refractivity contribution in [2.45, 2.75) is 135 Å². The van der Waals surface area contributed by atoms with Crippen molar-refractivity contribution in [3.63, 3.8) is 0 Å². The third kappa shape index (κ3) is 12.1. The summed E-state index contributed by atoms with van der Waals surface area (Å²) >= 11 is 0. The molecule has 4 heterocycles. The number of nitrogens with zero attached hydrogens (tertiary/aromatic N) is 9. The zero-order valence-electron chi connectivity index (χ0n) is 41.4. The summed E-state index contributed by atoms with van der Waals surface area (Å²) in [6, 6.07) is -2.58. The molecule has 27 nitrogen and oxygen atoms in total. The number of aromatic nitrogens is 3. The van der Waals surface area contributed by atoms with Gasteiger partial charge in [0.15, 0.2) is 0 Å². The highest BCUT2D eigenvalue weighted by molar-refractivity contribution is 6.07. The normalized spacial score (nSPS) is 20.7. The minimum absolute atomic E-state index is 0.187. The lowest BCUT2D eigenvalue weighted by atomic mass is 10.0. The van der Waals surface area contributed by atoms with Crippen LogP contribution >= 0.6 is 0 Å². The molecule has 0 spiro atoms. The van der Waals surface area contributed by atoms with Crippen molar-refractivity contribution in [2.75, 3.05) is 81.0 Å². The molecule has 6 atom stereocenters. The topological polar surface area (TPSA) is 304 Å². The van der Waals surface area contributed by atoms with E-state index in [0.717, 1.165) is 14.7 Å².